The first-order valence-electron chi connectivity index (χ1n) is 9.56. The highest BCUT2D eigenvalue weighted by Crippen LogP contribution is 2.32. The summed E-state index contributed by atoms with van der Waals surface area (Å²) in [4.78, 5) is 12.7. The van der Waals surface area contributed by atoms with Gasteiger partial charge in [0.25, 0.3) is 0 Å². The molecule has 1 heterocycles. The van der Waals surface area contributed by atoms with E-state index in [1.54, 1.807) is 37.4 Å². The molecular weight excluding hydrogens is 408 g/mol. The summed E-state index contributed by atoms with van der Waals surface area (Å²) in [7, 11) is 0.830. The van der Waals surface area contributed by atoms with Crippen molar-refractivity contribution in [1.29, 1.82) is 0 Å². The number of amides is 1. The Kier molecular flexibility index (Phi) is 6.84. The summed E-state index contributed by atoms with van der Waals surface area (Å²) in [6.45, 7) is 0.541. The topological polar surface area (TPSA) is 94.2 Å². The number of carbonyl (C=O) groups excluding carboxylic acids is 1. The number of piperidine rings is 1. The van der Waals surface area contributed by atoms with Crippen LogP contribution in [0.2, 0.25) is 0 Å². The fraction of sp³-hybridized carbons (Fsp3) is 0.381. The van der Waals surface area contributed by atoms with Crippen LogP contribution < -0.4 is 19.5 Å². The molecule has 0 spiro atoms. The molecule has 0 unspecified atom stereocenters. The fourth-order valence-corrected chi connectivity index (χ4v) is 4.92. The third-order valence-electron chi connectivity index (χ3n) is 5.15. The summed E-state index contributed by atoms with van der Waals surface area (Å²) in [5.41, 5.74) is 0.653. The van der Waals surface area contributed by atoms with Crippen molar-refractivity contribution in [1.82, 2.24) is 4.31 Å². The molecule has 3 rings (SSSR count). The lowest BCUT2D eigenvalue weighted by molar-refractivity contribution is -0.120. The van der Waals surface area contributed by atoms with Crippen molar-refractivity contribution in [2.45, 2.75) is 17.7 Å². The van der Waals surface area contributed by atoms with Gasteiger partial charge in [0.1, 0.15) is 5.75 Å². The molecule has 0 radical (unpaired) electrons. The third kappa shape index (κ3) is 4.68. The Bertz CT molecular complexity index is 1000. The molecule has 0 aromatic heterocycles. The van der Waals surface area contributed by atoms with Crippen molar-refractivity contribution in [3.63, 3.8) is 0 Å². The van der Waals surface area contributed by atoms with Gasteiger partial charge in [0, 0.05) is 36.8 Å². The SMILES string of the molecule is COc1cccc(NC(=O)C2CCN(S(=O)(=O)c3ccc(OC)c(OC)c3)CC2)c1. The summed E-state index contributed by atoms with van der Waals surface area (Å²) < 4.78 is 43.0. The van der Waals surface area contributed by atoms with Crippen LogP contribution in [0.5, 0.6) is 17.2 Å². The van der Waals surface area contributed by atoms with Crippen LogP contribution in [0.4, 0.5) is 5.69 Å². The van der Waals surface area contributed by atoms with Crippen LogP contribution in [0.15, 0.2) is 47.4 Å². The first-order chi connectivity index (χ1) is 14.4. The minimum Gasteiger partial charge on any atom is -0.497 e. The molecule has 2 aromatic carbocycles. The van der Waals surface area contributed by atoms with E-state index < -0.39 is 10.0 Å². The van der Waals surface area contributed by atoms with Crippen LogP contribution in [-0.4, -0.2) is 53.0 Å². The Morgan fingerprint density at radius 1 is 0.967 bits per heavy atom. The second kappa shape index (κ2) is 9.36. The summed E-state index contributed by atoms with van der Waals surface area (Å²) in [5, 5.41) is 2.88. The summed E-state index contributed by atoms with van der Waals surface area (Å²) >= 11 is 0. The minimum absolute atomic E-state index is 0.119. The van der Waals surface area contributed by atoms with E-state index in [4.69, 9.17) is 14.2 Å². The zero-order valence-electron chi connectivity index (χ0n) is 17.3. The standard InChI is InChI=1S/C21H26N2O6S/c1-27-17-6-4-5-16(13-17)22-21(24)15-9-11-23(12-10-15)30(25,26)18-7-8-19(28-2)20(14-18)29-3/h4-8,13-15H,9-12H2,1-3H3,(H,22,24). The van der Waals surface area contributed by atoms with Crippen LogP contribution in [0, 0.1) is 5.92 Å². The Labute approximate surface area is 176 Å². The van der Waals surface area contributed by atoms with E-state index >= 15 is 0 Å². The van der Waals surface area contributed by atoms with Gasteiger partial charge in [0.2, 0.25) is 15.9 Å². The maximum absolute atomic E-state index is 13.0. The number of benzene rings is 2. The molecule has 1 amide bonds. The molecule has 0 aliphatic carbocycles. The first-order valence-corrected chi connectivity index (χ1v) is 11.0. The Balaban J connectivity index is 1.65. The van der Waals surface area contributed by atoms with E-state index in [2.05, 4.69) is 5.32 Å². The Morgan fingerprint density at radius 2 is 1.67 bits per heavy atom. The number of carbonyl (C=O) groups is 1. The highest BCUT2D eigenvalue weighted by atomic mass is 32.2. The number of rotatable bonds is 7. The number of nitrogens with zero attached hydrogens (tertiary/aromatic N) is 1. The van der Waals surface area contributed by atoms with Crippen molar-refractivity contribution < 1.29 is 27.4 Å². The van der Waals surface area contributed by atoms with Crippen molar-refractivity contribution in [2.24, 2.45) is 5.92 Å². The number of hydrogen-bond acceptors (Lipinski definition) is 6. The molecule has 8 nitrogen and oxygen atoms in total. The summed E-state index contributed by atoms with van der Waals surface area (Å²) in [6.07, 6.45) is 0.893. The number of hydrogen-bond donors (Lipinski definition) is 1. The highest BCUT2D eigenvalue weighted by molar-refractivity contribution is 7.89. The molecule has 1 N–H and O–H groups in total. The average Bonchev–Trinajstić information content (AvgIpc) is 2.78. The van der Waals surface area contributed by atoms with Crippen LogP contribution >= 0.6 is 0 Å². The normalized spacial score (nSPS) is 15.4. The molecule has 1 fully saturated rings. The third-order valence-corrected chi connectivity index (χ3v) is 7.05. The molecule has 0 atom stereocenters. The van der Waals surface area contributed by atoms with Gasteiger partial charge in [-0.1, -0.05) is 6.07 Å². The van der Waals surface area contributed by atoms with Gasteiger partial charge in [-0.15, -0.1) is 0 Å². The van der Waals surface area contributed by atoms with E-state index in [0.29, 0.717) is 35.8 Å². The molecule has 2 aromatic rings. The van der Waals surface area contributed by atoms with Gasteiger partial charge < -0.3 is 19.5 Å². The van der Waals surface area contributed by atoms with Crippen molar-refractivity contribution in [3.8, 4) is 17.2 Å². The lowest BCUT2D eigenvalue weighted by atomic mass is 9.97. The molecule has 1 saturated heterocycles. The van der Waals surface area contributed by atoms with Gasteiger partial charge in [0.05, 0.1) is 26.2 Å². The second-order valence-corrected chi connectivity index (χ2v) is 8.85. The average molecular weight is 435 g/mol. The maximum atomic E-state index is 13.0. The van der Waals surface area contributed by atoms with Gasteiger partial charge in [-0.3, -0.25) is 4.79 Å². The number of anilines is 1. The zero-order valence-corrected chi connectivity index (χ0v) is 18.1. The zero-order chi connectivity index (χ0) is 21.7. The number of nitrogens with one attached hydrogen (secondary N) is 1. The number of methoxy groups -OCH3 is 3. The molecule has 1 aliphatic rings. The minimum atomic E-state index is -3.69. The van der Waals surface area contributed by atoms with Gasteiger partial charge >= 0.3 is 0 Å². The second-order valence-electron chi connectivity index (χ2n) is 6.92. The largest absolute Gasteiger partial charge is 0.497 e. The highest BCUT2D eigenvalue weighted by Gasteiger charge is 2.32. The van der Waals surface area contributed by atoms with Gasteiger partial charge in [0.15, 0.2) is 11.5 Å². The van der Waals surface area contributed by atoms with E-state index in [1.165, 1.54) is 30.7 Å². The summed E-state index contributed by atoms with van der Waals surface area (Å²) in [6, 6.07) is 11.7. The van der Waals surface area contributed by atoms with Crippen molar-refractivity contribution >= 4 is 21.6 Å². The number of ether oxygens (including phenoxy) is 3. The van der Waals surface area contributed by atoms with Gasteiger partial charge in [-0.05, 0) is 37.1 Å². The van der Waals surface area contributed by atoms with E-state index in [0.717, 1.165) is 0 Å². The molecular formula is C21H26N2O6S. The van der Waals surface area contributed by atoms with Crippen LogP contribution in [0.3, 0.4) is 0 Å². The van der Waals surface area contributed by atoms with Gasteiger partial charge in [-0.25, -0.2) is 8.42 Å². The molecule has 30 heavy (non-hydrogen) atoms. The van der Waals surface area contributed by atoms with Gasteiger partial charge in [-0.2, -0.15) is 4.31 Å². The maximum Gasteiger partial charge on any atom is 0.243 e. The van der Waals surface area contributed by atoms with E-state index in [9.17, 15) is 13.2 Å². The molecule has 0 saturated carbocycles. The van der Waals surface area contributed by atoms with Crippen molar-refractivity contribution in [2.75, 3.05) is 39.7 Å². The quantitative estimate of drug-likeness (QED) is 0.720. The molecule has 1 aliphatic heterocycles. The van der Waals surface area contributed by atoms with Crippen molar-refractivity contribution in [3.05, 3.63) is 42.5 Å². The summed E-state index contributed by atoms with van der Waals surface area (Å²) in [5.74, 6) is 1.10. The Morgan fingerprint density at radius 3 is 2.30 bits per heavy atom. The smallest absolute Gasteiger partial charge is 0.243 e. The monoisotopic (exact) mass is 434 g/mol. The lowest BCUT2D eigenvalue weighted by Gasteiger charge is -2.30. The predicted octanol–water partition coefficient (Wildman–Crippen LogP) is 2.75. The lowest BCUT2D eigenvalue weighted by Crippen LogP contribution is -2.41. The first kappa shape index (κ1) is 21.9. The van der Waals surface area contributed by atoms with E-state index in [-0.39, 0.29) is 29.8 Å². The van der Waals surface area contributed by atoms with E-state index in [1.807, 2.05) is 0 Å². The number of sulfonamides is 1. The van der Waals surface area contributed by atoms with Crippen LogP contribution in [0.25, 0.3) is 0 Å². The molecule has 9 heteroatoms. The Hall–Kier alpha value is -2.78. The van der Waals surface area contributed by atoms with Crippen LogP contribution in [0.1, 0.15) is 12.8 Å². The predicted molar refractivity (Wildman–Crippen MR) is 113 cm³/mol. The fourth-order valence-electron chi connectivity index (χ4n) is 3.43. The van der Waals surface area contributed by atoms with Crippen LogP contribution in [-0.2, 0) is 14.8 Å². The molecule has 162 valence electrons. The molecule has 0 bridgehead atoms.